The van der Waals surface area contributed by atoms with Gasteiger partial charge in [0.15, 0.2) is 11.2 Å². The Hall–Kier alpha value is -4.38. The van der Waals surface area contributed by atoms with E-state index in [0.29, 0.717) is 55.3 Å². The normalized spacial score (nSPS) is 13.9. The second-order valence-electron chi connectivity index (χ2n) is 9.49. The van der Waals surface area contributed by atoms with Crippen molar-refractivity contribution in [1.82, 2.24) is 24.0 Å². The summed E-state index contributed by atoms with van der Waals surface area (Å²) in [7, 11) is 0. The van der Waals surface area contributed by atoms with E-state index in [1.165, 1.54) is 4.57 Å². The number of benzene rings is 1. The fourth-order valence-electron chi connectivity index (χ4n) is 4.23. The van der Waals surface area contributed by atoms with Gasteiger partial charge in [-0.25, -0.2) is 4.79 Å². The summed E-state index contributed by atoms with van der Waals surface area (Å²) in [6, 6.07) is 11.1. The number of aromatic nitrogens is 4. The summed E-state index contributed by atoms with van der Waals surface area (Å²) in [6.45, 7) is 9.85. The van der Waals surface area contributed by atoms with Crippen LogP contribution < -0.4 is 10.5 Å². The number of carbonyl (C=O) groups excluding carboxylic acids is 1. The maximum absolute atomic E-state index is 13.6. The van der Waals surface area contributed by atoms with Gasteiger partial charge in [0.05, 0.1) is 18.2 Å². The van der Waals surface area contributed by atoms with Crippen LogP contribution in [0.15, 0.2) is 29.1 Å². The lowest BCUT2D eigenvalue weighted by molar-refractivity contribution is 0.0240. The van der Waals surface area contributed by atoms with Crippen LogP contribution in [-0.2, 0) is 17.8 Å². The Morgan fingerprint density at radius 3 is 2.36 bits per heavy atom. The molecule has 1 fully saturated rings. The summed E-state index contributed by atoms with van der Waals surface area (Å²) in [5.74, 6) is 0.502. The van der Waals surface area contributed by atoms with Crippen LogP contribution >= 0.6 is 0 Å². The van der Waals surface area contributed by atoms with Gasteiger partial charge in [0, 0.05) is 32.7 Å². The minimum Gasteiger partial charge on any atom is -0.444 e. The molecule has 0 spiro atoms. The van der Waals surface area contributed by atoms with E-state index >= 15 is 0 Å². The molecule has 1 aliphatic heterocycles. The molecule has 1 amide bonds. The molecular weight excluding hydrogens is 460 g/mol. The van der Waals surface area contributed by atoms with Crippen LogP contribution in [0.3, 0.4) is 0 Å². The molecule has 3 heterocycles. The van der Waals surface area contributed by atoms with Crippen molar-refractivity contribution < 1.29 is 9.53 Å². The molecule has 0 bridgehead atoms. The molecule has 11 heteroatoms. The first-order valence-electron chi connectivity index (χ1n) is 11.8. The number of aryl methyl sites for hydroxylation is 1. The largest absolute Gasteiger partial charge is 0.444 e. The standard InChI is InChI=1S/C25H28N8O3/c1-5-32-20-21(29-23(32)30-10-12-31(13-11-30)24(35)36-25(2,3)4)28-19(15-27)33(22(20)34)16-18-9-7-6-8-17(18)14-26/h6-9H,5,10-13,16H2,1-4H3. The average Bonchev–Trinajstić information content (AvgIpc) is 3.23. The minimum atomic E-state index is -0.567. The molecule has 0 N–H and O–H groups in total. The number of piperazine rings is 1. The highest BCUT2D eigenvalue weighted by Gasteiger charge is 2.29. The van der Waals surface area contributed by atoms with Gasteiger partial charge < -0.3 is 19.1 Å². The van der Waals surface area contributed by atoms with E-state index in [1.807, 2.05) is 38.7 Å². The fraction of sp³-hybridized carbons (Fsp3) is 0.440. The summed E-state index contributed by atoms with van der Waals surface area (Å²) < 4.78 is 8.56. The molecule has 0 saturated carbocycles. The summed E-state index contributed by atoms with van der Waals surface area (Å²) in [5, 5.41) is 19.2. The van der Waals surface area contributed by atoms with Gasteiger partial charge in [0.2, 0.25) is 11.8 Å². The Bertz CT molecular complexity index is 1440. The summed E-state index contributed by atoms with van der Waals surface area (Å²) in [6.07, 6.45) is -0.355. The molecule has 1 aromatic carbocycles. The van der Waals surface area contributed by atoms with Crippen molar-refractivity contribution in [2.75, 3.05) is 31.1 Å². The number of ether oxygens (including phenoxy) is 1. The van der Waals surface area contributed by atoms with Gasteiger partial charge in [0.25, 0.3) is 5.56 Å². The summed E-state index contributed by atoms with van der Waals surface area (Å²) in [4.78, 5) is 38.7. The first kappa shape index (κ1) is 24.7. The minimum absolute atomic E-state index is 0.0488. The van der Waals surface area contributed by atoms with Crippen molar-refractivity contribution in [3.8, 4) is 12.1 Å². The molecule has 1 saturated heterocycles. The molecule has 186 valence electrons. The van der Waals surface area contributed by atoms with Gasteiger partial charge in [-0.15, -0.1) is 0 Å². The zero-order valence-electron chi connectivity index (χ0n) is 20.9. The van der Waals surface area contributed by atoms with Crippen molar-refractivity contribution in [2.45, 2.75) is 46.4 Å². The smallest absolute Gasteiger partial charge is 0.410 e. The molecular formula is C25H28N8O3. The van der Waals surface area contributed by atoms with Crippen LogP contribution in [0.1, 0.15) is 44.6 Å². The third kappa shape index (κ3) is 4.73. The van der Waals surface area contributed by atoms with E-state index in [1.54, 1.807) is 33.7 Å². The van der Waals surface area contributed by atoms with Gasteiger partial charge in [0.1, 0.15) is 11.7 Å². The van der Waals surface area contributed by atoms with Gasteiger partial charge >= 0.3 is 6.09 Å². The first-order chi connectivity index (χ1) is 17.2. The molecule has 0 aliphatic carbocycles. The number of carbonyl (C=O) groups is 1. The van der Waals surface area contributed by atoms with Crippen LogP contribution in [0.4, 0.5) is 10.7 Å². The van der Waals surface area contributed by atoms with E-state index in [2.05, 4.69) is 16.0 Å². The highest BCUT2D eigenvalue weighted by Crippen LogP contribution is 2.22. The molecule has 0 atom stereocenters. The highest BCUT2D eigenvalue weighted by molar-refractivity contribution is 5.75. The molecule has 1 aliphatic rings. The van der Waals surface area contributed by atoms with Crippen molar-refractivity contribution in [3.05, 3.63) is 51.6 Å². The Morgan fingerprint density at radius 2 is 1.75 bits per heavy atom. The maximum atomic E-state index is 13.6. The predicted octanol–water partition coefficient (Wildman–Crippen LogP) is 2.46. The number of nitrogens with zero attached hydrogens (tertiary/aromatic N) is 8. The lowest BCUT2D eigenvalue weighted by atomic mass is 10.1. The zero-order valence-corrected chi connectivity index (χ0v) is 20.9. The average molecular weight is 489 g/mol. The third-order valence-corrected chi connectivity index (χ3v) is 5.94. The van der Waals surface area contributed by atoms with Crippen LogP contribution in [0, 0.1) is 22.7 Å². The molecule has 36 heavy (non-hydrogen) atoms. The molecule has 2 aromatic heterocycles. The zero-order chi connectivity index (χ0) is 26.0. The van der Waals surface area contributed by atoms with Crippen molar-refractivity contribution in [2.24, 2.45) is 0 Å². The maximum Gasteiger partial charge on any atom is 0.410 e. The quantitative estimate of drug-likeness (QED) is 0.547. The molecule has 11 nitrogen and oxygen atoms in total. The molecule has 4 rings (SSSR count). The summed E-state index contributed by atoms with van der Waals surface area (Å²) in [5.41, 5.74) is 0.602. The molecule has 0 radical (unpaired) electrons. The SMILES string of the molecule is CCn1c(N2CCN(C(=O)OC(C)(C)C)CC2)nc2nc(C#N)n(Cc3ccccc3C#N)c(=O)c21. The summed E-state index contributed by atoms with van der Waals surface area (Å²) >= 11 is 0. The number of imidazole rings is 1. The van der Waals surface area contributed by atoms with E-state index in [9.17, 15) is 20.1 Å². The Balaban J connectivity index is 1.68. The van der Waals surface area contributed by atoms with Crippen molar-refractivity contribution in [1.29, 1.82) is 10.5 Å². The van der Waals surface area contributed by atoms with Gasteiger partial charge in [-0.3, -0.25) is 9.36 Å². The van der Waals surface area contributed by atoms with Crippen LogP contribution in [0.5, 0.6) is 0 Å². The predicted molar refractivity (Wildman–Crippen MR) is 132 cm³/mol. The Morgan fingerprint density at radius 1 is 1.06 bits per heavy atom. The number of rotatable bonds is 4. The van der Waals surface area contributed by atoms with Crippen molar-refractivity contribution in [3.63, 3.8) is 0 Å². The van der Waals surface area contributed by atoms with Gasteiger partial charge in [-0.2, -0.15) is 20.5 Å². The fourth-order valence-corrected chi connectivity index (χ4v) is 4.23. The van der Waals surface area contributed by atoms with Gasteiger partial charge in [-0.05, 0) is 39.3 Å². The second kappa shape index (κ2) is 9.70. The number of fused-ring (bicyclic) bond motifs is 1. The third-order valence-electron chi connectivity index (χ3n) is 5.94. The van der Waals surface area contributed by atoms with E-state index < -0.39 is 11.2 Å². The second-order valence-corrected chi connectivity index (χ2v) is 9.49. The van der Waals surface area contributed by atoms with Gasteiger partial charge in [-0.1, -0.05) is 18.2 Å². The van der Waals surface area contributed by atoms with E-state index in [4.69, 9.17) is 4.74 Å². The van der Waals surface area contributed by atoms with E-state index in [0.717, 1.165) is 0 Å². The molecule has 0 unspecified atom stereocenters. The van der Waals surface area contributed by atoms with E-state index in [-0.39, 0.29) is 24.1 Å². The number of anilines is 1. The lowest BCUT2D eigenvalue weighted by Gasteiger charge is -2.36. The first-order valence-corrected chi connectivity index (χ1v) is 11.8. The van der Waals surface area contributed by atoms with Crippen LogP contribution in [0.25, 0.3) is 11.2 Å². The number of hydrogen-bond donors (Lipinski definition) is 0. The topological polar surface area (TPSA) is 133 Å². The number of hydrogen-bond acceptors (Lipinski definition) is 8. The number of nitriles is 2. The van der Waals surface area contributed by atoms with Crippen LogP contribution in [-0.4, -0.2) is 61.9 Å². The number of amides is 1. The molecule has 3 aromatic rings. The lowest BCUT2D eigenvalue weighted by Crippen LogP contribution is -2.50. The monoisotopic (exact) mass is 488 g/mol. The van der Waals surface area contributed by atoms with Crippen LogP contribution in [0.2, 0.25) is 0 Å². The van der Waals surface area contributed by atoms with Crippen molar-refractivity contribution >= 4 is 23.2 Å². The highest BCUT2D eigenvalue weighted by atomic mass is 16.6. The Kier molecular flexibility index (Phi) is 6.67. The Labute approximate surface area is 208 Å².